The monoisotopic (exact) mass is 237 g/mol. The number of hydrogen-bond donors (Lipinski definition) is 3. The molecule has 1 saturated heterocycles. The Kier molecular flexibility index (Phi) is 3.31. The molecule has 3 N–H and O–H groups in total. The van der Waals surface area contributed by atoms with E-state index in [1.54, 1.807) is 18.2 Å². The van der Waals surface area contributed by atoms with Gasteiger partial charge >= 0.3 is 5.97 Å². The second-order valence-corrected chi connectivity index (χ2v) is 4.23. The van der Waals surface area contributed by atoms with Crippen LogP contribution in [0.2, 0.25) is 0 Å². The molecule has 0 radical (unpaired) electrons. The molecule has 17 heavy (non-hydrogen) atoms. The summed E-state index contributed by atoms with van der Waals surface area (Å²) in [6, 6.07) is 6.63. The zero-order valence-corrected chi connectivity index (χ0v) is 9.35. The van der Waals surface area contributed by atoms with E-state index in [-0.39, 0.29) is 18.7 Å². The number of rotatable bonds is 4. The maximum atomic E-state index is 11.0. The zero-order chi connectivity index (χ0) is 12.3. The van der Waals surface area contributed by atoms with Gasteiger partial charge in [-0.3, -0.25) is 0 Å². The molecule has 5 heteroatoms. The first-order valence-corrected chi connectivity index (χ1v) is 5.47. The number of hydrogen-bond acceptors (Lipinski definition) is 4. The Bertz CT molecular complexity index is 413. The number of carbonyl (C=O) groups is 1. The lowest BCUT2D eigenvalue weighted by Gasteiger charge is -2.21. The summed E-state index contributed by atoms with van der Waals surface area (Å²) in [6.45, 7) is 1.12. The largest absolute Gasteiger partial charge is 0.478 e. The molecule has 0 bridgehead atoms. The molecule has 0 spiro atoms. The van der Waals surface area contributed by atoms with E-state index in [1.165, 1.54) is 6.07 Å². The van der Waals surface area contributed by atoms with Gasteiger partial charge < -0.3 is 20.3 Å². The van der Waals surface area contributed by atoms with Crippen molar-refractivity contribution in [3.63, 3.8) is 0 Å². The van der Waals surface area contributed by atoms with Crippen LogP contribution in [0.1, 0.15) is 16.8 Å². The third kappa shape index (κ3) is 2.75. The highest BCUT2D eigenvalue weighted by molar-refractivity contribution is 5.94. The molecule has 0 aliphatic carbocycles. The zero-order valence-electron chi connectivity index (χ0n) is 9.35. The molecule has 0 amide bonds. The van der Waals surface area contributed by atoms with Crippen LogP contribution < -0.4 is 5.32 Å². The van der Waals surface area contributed by atoms with Gasteiger partial charge in [0, 0.05) is 25.3 Å². The van der Waals surface area contributed by atoms with Crippen molar-refractivity contribution in [2.24, 2.45) is 0 Å². The van der Waals surface area contributed by atoms with Gasteiger partial charge in [0.1, 0.15) is 5.60 Å². The van der Waals surface area contributed by atoms with Crippen LogP contribution in [0.25, 0.3) is 0 Å². The van der Waals surface area contributed by atoms with Crippen molar-refractivity contribution in [1.29, 1.82) is 0 Å². The van der Waals surface area contributed by atoms with Crippen molar-refractivity contribution in [2.45, 2.75) is 12.0 Å². The lowest BCUT2D eigenvalue weighted by atomic mass is 10.0. The van der Waals surface area contributed by atoms with E-state index in [0.29, 0.717) is 18.7 Å². The molecule has 1 fully saturated rings. The maximum Gasteiger partial charge on any atom is 0.337 e. The molecule has 2 rings (SSSR count). The summed E-state index contributed by atoms with van der Waals surface area (Å²) < 4.78 is 5.12. The second-order valence-electron chi connectivity index (χ2n) is 4.23. The summed E-state index contributed by atoms with van der Waals surface area (Å²) in [5.41, 5.74) is -0.179. The van der Waals surface area contributed by atoms with Gasteiger partial charge in [0.25, 0.3) is 0 Å². The van der Waals surface area contributed by atoms with Gasteiger partial charge in [0.2, 0.25) is 0 Å². The third-order valence-corrected chi connectivity index (χ3v) is 2.85. The SMILES string of the molecule is O=C(O)c1ccccc1NCC1(O)CCOC1. The van der Waals surface area contributed by atoms with Crippen LogP contribution in [-0.2, 0) is 4.74 Å². The van der Waals surface area contributed by atoms with E-state index in [4.69, 9.17) is 9.84 Å². The molecule has 1 atom stereocenters. The summed E-state index contributed by atoms with van der Waals surface area (Å²) in [6.07, 6.45) is 0.565. The maximum absolute atomic E-state index is 11.0. The van der Waals surface area contributed by atoms with Crippen molar-refractivity contribution < 1.29 is 19.7 Å². The molecule has 1 heterocycles. The molecule has 1 aromatic carbocycles. The number of anilines is 1. The number of carboxylic acid groups (broad SMARTS) is 1. The fourth-order valence-electron chi connectivity index (χ4n) is 1.82. The lowest BCUT2D eigenvalue weighted by molar-refractivity contribution is 0.0381. The number of para-hydroxylation sites is 1. The summed E-state index contributed by atoms with van der Waals surface area (Å²) in [5.74, 6) is -0.984. The van der Waals surface area contributed by atoms with Gasteiger partial charge in [0.15, 0.2) is 0 Å². The van der Waals surface area contributed by atoms with Gasteiger partial charge in [-0.25, -0.2) is 4.79 Å². The molecule has 0 aromatic heterocycles. The summed E-state index contributed by atoms with van der Waals surface area (Å²) in [4.78, 5) is 11.0. The van der Waals surface area contributed by atoms with Crippen molar-refractivity contribution in [2.75, 3.05) is 25.1 Å². The highest BCUT2D eigenvalue weighted by Gasteiger charge is 2.32. The molecular formula is C12H15NO4. The molecule has 1 aromatic rings. The van der Waals surface area contributed by atoms with Crippen molar-refractivity contribution in [3.05, 3.63) is 29.8 Å². The quantitative estimate of drug-likeness (QED) is 0.726. The Morgan fingerprint density at radius 3 is 2.88 bits per heavy atom. The normalized spacial score (nSPS) is 23.6. The topological polar surface area (TPSA) is 78.8 Å². The molecule has 0 saturated carbocycles. The second kappa shape index (κ2) is 4.73. The first-order chi connectivity index (χ1) is 8.11. The Morgan fingerprint density at radius 2 is 2.24 bits per heavy atom. The van der Waals surface area contributed by atoms with E-state index in [9.17, 15) is 9.90 Å². The van der Waals surface area contributed by atoms with Gasteiger partial charge in [-0.2, -0.15) is 0 Å². The molecule has 1 unspecified atom stereocenters. The fourth-order valence-corrected chi connectivity index (χ4v) is 1.82. The van der Waals surface area contributed by atoms with Crippen molar-refractivity contribution in [1.82, 2.24) is 0 Å². The summed E-state index contributed by atoms with van der Waals surface area (Å²) >= 11 is 0. The Labute approximate surface area is 99.0 Å². The van der Waals surface area contributed by atoms with E-state index in [0.717, 1.165) is 0 Å². The first kappa shape index (κ1) is 11.9. The Morgan fingerprint density at radius 1 is 1.47 bits per heavy atom. The average Bonchev–Trinajstić information content (AvgIpc) is 2.74. The van der Waals surface area contributed by atoms with Crippen LogP contribution >= 0.6 is 0 Å². The summed E-state index contributed by atoms with van der Waals surface area (Å²) in [7, 11) is 0. The fraction of sp³-hybridized carbons (Fsp3) is 0.417. The number of benzene rings is 1. The van der Waals surface area contributed by atoms with E-state index in [1.807, 2.05) is 0 Å². The Hall–Kier alpha value is -1.59. The number of nitrogens with one attached hydrogen (secondary N) is 1. The van der Waals surface area contributed by atoms with Gasteiger partial charge in [-0.05, 0) is 12.1 Å². The Balaban J connectivity index is 2.06. The van der Waals surface area contributed by atoms with Gasteiger partial charge in [-0.15, -0.1) is 0 Å². The van der Waals surface area contributed by atoms with E-state index >= 15 is 0 Å². The standard InChI is InChI=1S/C12H15NO4/c14-11(15)9-3-1-2-4-10(9)13-7-12(16)5-6-17-8-12/h1-4,13,16H,5-8H2,(H,14,15). The summed E-state index contributed by atoms with van der Waals surface area (Å²) in [5, 5.41) is 22.0. The third-order valence-electron chi connectivity index (χ3n) is 2.85. The van der Waals surface area contributed by atoms with E-state index < -0.39 is 11.6 Å². The molecule has 1 aliphatic rings. The van der Waals surface area contributed by atoms with Crippen LogP contribution in [-0.4, -0.2) is 41.5 Å². The van der Waals surface area contributed by atoms with Crippen molar-refractivity contribution in [3.8, 4) is 0 Å². The molecule has 92 valence electrons. The van der Waals surface area contributed by atoms with Crippen LogP contribution in [0.15, 0.2) is 24.3 Å². The number of ether oxygens (including phenoxy) is 1. The minimum Gasteiger partial charge on any atom is -0.478 e. The average molecular weight is 237 g/mol. The lowest BCUT2D eigenvalue weighted by Crippen LogP contribution is -2.37. The predicted octanol–water partition coefficient (Wildman–Crippen LogP) is 0.948. The van der Waals surface area contributed by atoms with Crippen LogP contribution in [0.5, 0.6) is 0 Å². The minimum atomic E-state index is -0.984. The first-order valence-electron chi connectivity index (χ1n) is 5.47. The van der Waals surface area contributed by atoms with E-state index in [2.05, 4.69) is 5.32 Å². The van der Waals surface area contributed by atoms with Gasteiger partial charge in [-0.1, -0.05) is 12.1 Å². The van der Waals surface area contributed by atoms with Gasteiger partial charge in [0.05, 0.1) is 12.2 Å². The molecule has 1 aliphatic heterocycles. The van der Waals surface area contributed by atoms with Crippen LogP contribution in [0, 0.1) is 0 Å². The predicted molar refractivity (Wildman–Crippen MR) is 62.3 cm³/mol. The number of carboxylic acids is 1. The smallest absolute Gasteiger partial charge is 0.337 e. The highest BCUT2D eigenvalue weighted by Crippen LogP contribution is 2.21. The number of aliphatic hydroxyl groups is 1. The highest BCUT2D eigenvalue weighted by atomic mass is 16.5. The number of aromatic carboxylic acids is 1. The molecular weight excluding hydrogens is 222 g/mol. The van der Waals surface area contributed by atoms with Crippen LogP contribution in [0.3, 0.4) is 0 Å². The minimum absolute atomic E-state index is 0.204. The molecule has 5 nitrogen and oxygen atoms in total. The van der Waals surface area contributed by atoms with Crippen LogP contribution in [0.4, 0.5) is 5.69 Å². The van der Waals surface area contributed by atoms with Crippen molar-refractivity contribution >= 4 is 11.7 Å².